The second-order valence-corrected chi connectivity index (χ2v) is 6.74. The van der Waals surface area contributed by atoms with E-state index in [1.54, 1.807) is 37.2 Å². The number of hydrogen-bond acceptors (Lipinski definition) is 6. The maximum Gasteiger partial charge on any atom is 0.422 e. The summed E-state index contributed by atoms with van der Waals surface area (Å²) < 4.78 is 43.7. The van der Waals surface area contributed by atoms with Crippen LogP contribution in [0, 0.1) is 0 Å². The van der Waals surface area contributed by atoms with Gasteiger partial charge in [0.25, 0.3) is 0 Å². The fourth-order valence-corrected chi connectivity index (χ4v) is 3.33. The van der Waals surface area contributed by atoms with Crippen LogP contribution in [0.4, 0.5) is 18.3 Å². The van der Waals surface area contributed by atoms with Gasteiger partial charge in [-0.05, 0) is 25.2 Å². The number of thiazole rings is 1. The molecule has 1 amide bonds. The van der Waals surface area contributed by atoms with Gasteiger partial charge >= 0.3 is 6.18 Å². The molecule has 0 bridgehead atoms. The van der Waals surface area contributed by atoms with Crippen molar-refractivity contribution in [3.63, 3.8) is 0 Å². The number of carbonyl (C=O) groups excluding carboxylic acids is 1. The molecule has 27 heavy (non-hydrogen) atoms. The number of aromatic nitrogens is 3. The van der Waals surface area contributed by atoms with Gasteiger partial charge < -0.3 is 15.4 Å². The van der Waals surface area contributed by atoms with Crippen LogP contribution in [0.1, 0.15) is 11.6 Å². The van der Waals surface area contributed by atoms with Gasteiger partial charge in [-0.1, -0.05) is 11.3 Å². The van der Waals surface area contributed by atoms with Crippen molar-refractivity contribution in [3.05, 3.63) is 36.2 Å². The smallest absolute Gasteiger partial charge is 0.422 e. The number of halogens is 3. The molecule has 1 unspecified atom stereocenters. The zero-order valence-corrected chi connectivity index (χ0v) is 15.2. The van der Waals surface area contributed by atoms with E-state index in [-0.39, 0.29) is 11.7 Å². The maximum absolute atomic E-state index is 12.5. The Labute approximate surface area is 156 Å². The summed E-state index contributed by atoms with van der Waals surface area (Å²) in [7, 11) is 3.40. The third-order valence-corrected chi connectivity index (χ3v) is 4.54. The highest BCUT2D eigenvalue weighted by molar-refractivity contribution is 7.22. The lowest BCUT2D eigenvalue weighted by Gasteiger charge is -2.12. The quantitative estimate of drug-likeness (QED) is 0.666. The lowest BCUT2D eigenvalue weighted by Crippen LogP contribution is -2.30. The number of amides is 1. The van der Waals surface area contributed by atoms with Crippen molar-refractivity contribution in [3.8, 4) is 5.75 Å². The number of nitrogens with one attached hydrogen (secondary N) is 2. The number of benzene rings is 1. The predicted octanol–water partition coefficient (Wildman–Crippen LogP) is 2.87. The molecule has 2 heterocycles. The summed E-state index contributed by atoms with van der Waals surface area (Å²) in [5, 5.41) is 10.0. The summed E-state index contributed by atoms with van der Waals surface area (Å²) >= 11 is 1.15. The molecule has 0 aliphatic carbocycles. The van der Waals surface area contributed by atoms with E-state index in [4.69, 9.17) is 4.74 Å². The van der Waals surface area contributed by atoms with E-state index >= 15 is 0 Å². The predicted molar refractivity (Wildman–Crippen MR) is 94.8 cm³/mol. The second kappa shape index (κ2) is 7.53. The first-order chi connectivity index (χ1) is 12.7. The molecule has 7 nitrogen and oxygen atoms in total. The largest absolute Gasteiger partial charge is 0.484 e. The molecule has 2 N–H and O–H groups in total. The highest BCUT2D eigenvalue weighted by Gasteiger charge is 2.28. The summed E-state index contributed by atoms with van der Waals surface area (Å²) in [5.41, 5.74) is 1.25. The van der Waals surface area contributed by atoms with Crippen molar-refractivity contribution in [2.75, 3.05) is 19.0 Å². The topological polar surface area (TPSA) is 81.1 Å². The Kier molecular flexibility index (Phi) is 5.33. The fraction of sp³-hybridized carbons (Fsp3) is 0.312. The van der Waals surface area contributed by atoms with E-state index in [0.29, 0.717) is 20.9 Å². The summed E-state index contributed by atoms with van der Waals surface area (Å²) in [5.74, 6) is -0.233. The molecule has 0 aliphatic rings. The van der Waals surface area contributed by atoms with Crippen LogP contribution in [-0.4, -0.2) is 40.5 Å². The molecular weight excluding hydrogens is 383 g/mol. The number of ether oxygens (including phenoxy) is 1. The number of carbonyl (C=O) groups is 1. The molecule has 144 valence electrons. The first-order valence-electron chi connectivity index (χ1n) is 7.82. The molecule has 0 saturated carbocycles. The first-order valence-corrected chi connectivity index (χ1v) is 8.63. The molecule has 1 atom stereocenters. The Morgan fingerprint density at radius 1 is 1.41 bits per heavy atom. The monoisotopic (exact) mass is 399 g/mol. The van der Waals surface area contributed by atoms with Crippen molar-refractivity contribution in [1.29, 1.82) is 0 Å². The Balaban J connectivity index is 1.73. The summed E-state index contributed by atoms with van der Waals surface area (Å²) in [6.07, 6.45) is -1.09. The molecule has 2 aromatic heterocycles. The average Bonchev–Trinajstić information content (AvgIpc) is 3.18. The molecule has 0 spiro atoms. The number of rotatable bonds is 6. The minimum Gasteiger partial charge on any atom is -0.484 e. The number of likely N-dealkylation sites (N-methyl/N-ethyl adjacent to an activating group) is 1. The van der Waals surface area contributed by atoms with Gasteiger partial charge in [-0.15, -0.1) is 0 Å². The zero-order valence-electron chi connectivity index (χ0n) is 14.4. The normalized spacial score (nSPS) is 12.9. The van der Waals surface area contributed by atoms with E-state index in [0.717, 1.165) is 11.3 Å². The first kappa shape index (κ1) is 19.1. The Morgan fingerprint density at radius 2 is 2.19 bits per heavy atom. The van der Waals surface area contributed by atoms with Gasteiger partial charge in [-0.2, -0.15) is 18.3 Å². The van der Waals surface area contributed by atoms with Crippen LogP contribution in [0.15, 0.2) is 30.6 Å². The average molecular weight is 399 g/mol. The van der Waals surface area contributed by atoms with Crippen molar-refractivity contribution in [2.45, 2.75) is 12.2 Å². The van der Waals surface area contributed by atoms with Crippen LogP contribution in [-0.2, 0) is 11.8 Å². The maximum atomic E-state index is 12.5. The zero-order chi connectivity index (χ0) is 19.6. The molecule has 1 aromatic carbocycles. The number of nitrogens with zero attached hydrogens (tertiary/aromatic N) is 3. The van der Waals surface area contributed by atoms with Crippen molar-refractivity contribution in [1.82, 2.24) is 20.1 Å². The lowest BCUT2D eigenvalue weighted by molar-refractivity contribution is -0.153. The molecular formula is C16H16F3N5O2S. The van der Waals surface area contributed by atoms with Crippen LogP contribution in [0.3, 0.4) is 0 Å². The van der Waals surface area contributed by atoms with Crippen LogP contribution >= 0.6 is 11.3 Å². The molecule has 11 heteroatoms. The highest BCUT2D eigenvalue weighted by atomic mass is 32.1. The van der Waals surface area contributed by atoms with Gasteiger partial charge in [-0.25, -0.2) is 4.98 Å². The Hall–Kier alpha value is -2.66. The third kappa shape index (κ3) is 4.74. The van der Waals surface area contributed by atoms with E-state index in [1.807, 2.05) is 0 Å². The van der Waals surface area contributed by atoms with Crippen molar-refractivity contribution < 1.29 is 22.7 Å². The molecule has 0 fully saturated rings. The number of anilines is 1. The molecule has 3 aromatic rings. The molecule has 0 saturated heterocycles. The van der Waals surface area contributed by atoms with Gasteiger partial charge in [0.15, 0.2) is 11.7 Å². The molecule has 0 radical (unpaired) electrons. The Bertz CT molecular complexity index is 953. The van der Waals surface area contributed by atoms with Crippen LogP contribution in [0.2, 0.25) is 0 Å². The van der Waals surface area contributed by atoms with E-state index in [9.17, 15) is 18.0 Å². The standard InChI is InChI=1S/C16H16F3N5O2S/c1-20-13(9-6-21-24(2)7-9)14(25)23-15-22-11-4-3-10(5-12(11)27-15)26-8-16(17,18)19/h3-7,13,20H,8H2,1-2H3,(H,22,23,25). The number of fused-ring (bicyclic) bond motifs is 1. The molecule has 3 rings (SSSR count). The van der Waals surface area contributed by atoms with E-state index in [1.165, 1.54) is 12.1 Å². The number of aryl methyl sites for hydroxylation is 1. The fourth-order valence-electron chi connectivity index (χ4n) is 2.43. The second-order valence-electron chi connectivity index (χ2n) is 5.71. The van der Waals surface area contributed by atoms with Gasteiger partial charge in [0.2, 0.25) is 5.91 Å². The Morgan fingerprint density at radius 3 is 2.81 bits per heavy atom. The highest BCUT2D eigenvalue weighted by Crippen LogP contribution is 2.30. The SMILES string of the molecule is CNC(C(=O)Nc1nc2ccc(OCC(F)(F)F)cc2s1)c1cnn(C)c1. The summed E-state index contributed by atoms with van der Waals surface area (Å²) in [6, 6.07) is 3.80. The third-order valence-electron chi connectivity index (χ3n) is 3.60. The minimum absolute atomic E-state index is 0.0878. The van der Waals surface area contributed by atoms with Crippen molar-refractivity contribution in [2.24, 2.45) is 7.05 Å². The minimum atomic E-state index is -4.41. The number of alkyl halides is 3. The van der Waals surface area contributed by atoms with Gasteiger partial charge in [0, 0.05) is 18.8 Å². The van der Waals surface area contributed by atoms with E-state index in [2.05, 4.69) is 20.7 Å². The summed E-state index contributed by atoms with van der Waals surface area (Å²) in [4.78, 5) is 16.8. The van der Waals surface area contributed by atoms with Crippen molar-refractivity contribution >= 4 is 32.6 Å². The van der Waals surface area contributed by atoms with Crippen LogP contribution < -0.4 is 15.4 Å². The lowest BCUT2D eigenvalue weighted by atomic mass is 10.1. The summed E-state index contributed by atoms with van der Waals surface area (Å²) in [6.45, 7) is -1.37. The molecule has 0 aliphatic heterocycles. The van der Waals surface area contributed by atoms with Gasteiger partial charge in [-0.3, -0.25) is 9.48 Å². The van der Waals surface area contributed by atoms with Crippen LogP contribution in [0.25, 0.3) is 10.2 Å². The van der Waals surface area contributed by atoms with E-state index < -0.39 is 18.8 Å². The van der Waals surface area contributed by atoms with Gasteiger partial charge in [0.05, 0.1) is 16.4 Å². The van der Waals surface area contributed by atoms with Crippen LogP contribution in [0.5, 0.6) is 5.75 Å². The number of hydrogen-bond donors (Lipinski definition) is 2. The van der Waals surface area contributed by atoms with Gasteiger partial charge in [0.1, 0.15) is 11.8 Å².